The molecule has 0 bridgehead atoms. The highest BCUT2D eigenvalue weighted by Gasteiger charge is 1.92. The van der Waals surface area contributed by atoms with Crippen molar-refractivity contribution in [3.05, 3.63) is 36.5 Å². The van der Waals surface area contributed by atoms with Gasteiger partial charge < -0.3 is 10.4 Å². The lowest BCUT2D eigenvalue weighted by Crippen LogP contribution is -2.15. The lowest BCUT2D eigenvalue weighted by atomic mass is 10.2. The van der Waals surface area contributed by atoms with Crippen LogP contribution in [0, 0.1) is 0 Å². The van der Waals surface area contributed by atoms with Gasteiger partial charge in [-0.1, -0.05) is 56.2 Å². The Labute approximate surface area is 136 Å². The maximum atomic E-state index is 10.3. The average molecular weight is 307 g/mol. The Morgan fingerprint density at radius 2 is 1.50 bits per heavy atom. The van der Waals surface area contributed by atoms with Crippen LogP contribution in [0.5, 0.6) is 0 Å². The smallest absolute Gasteiger partial charge is 0.303 e. The summed E-state index contributed by atoms with van der Waals surface area (Å²) in [7, 11) is 0. The molecule has 0 aliphatic carbocycles. The molecule has 0 unspecified atom stereocenters. The van der Waals surface area contributed by atoms with E-state index in [-0.39, 0.29) is 6.42 Å². The van der Waals surface area contributed by atoms with Gasteiger partial charge in [0.25, 0.3) is 0 Å². The van der Waals surface area contributed by atoms with Crippen LogP contribution in [0.15, 0.2) is 36.5 Å². The van der Waals surface area contributed by atoms with Crippen LogP contribution in [-0.2, 0) is 4.79 Å². The first-order valence-corrected chi connectivity index (χ1v) is 8.64. The summed E-state index contributed by atoms with van der Waals surface area (Å²) >= 11 is 0. The molecule has 0 spiro atoms. The number of allylic oxidation sites excluding steroid dienone is 5. The van der Waals surface area contributed by atoms with E-state index in [0.29, 0.717) is 0 Å². The third-order valence-corrected chi connectivity index (χ3v) is 3.25. The van der Waals surface area contributed by atoms with Crippen LogP contribution in [-0.4, -0.2) is 24.2 Å². The first kappa shape index (κ1) is 20.6. The van der Waals surface area contributed by atoms with Gasteiger partial charge >= 0.3 is 5.97 Å². The molecule has 0 aliphatic heterocycles. The Kier molecular flexibility index (Phi) is 16.6. The molecule has 0 aliphatic rings. The van der Waals surface area contributed by atoms with Crippen molar-refractivity contribution in [3.8, 4) is 0 Å². The second-order valence-corrected chi connectivity index (χ2v) is 5.42. The van der Waals surface area contributed by atoms with Gasteiger partial charge in [0.05, 0.1) is 0 Å². The second-order valence-electron chi connectivity index (χ2n) is 5.42. The number of carboxylic acid groups (broad SMARTS) is 1. The van der Waals surface area contributed by atoms with Crippen molar-refractivity contribution in [1.29, 1.82) is 0 Å². The van der Waals surface area contributed by atoms with Gasteiger partial charge in [0.2, 0.25) is 0 Å². The van der Waals surface area contributed by atoms with Gasteiger partial charge in [0, 0.05) is 6.42 Å². The molecule has 0 aromatic carbocycles. The van der Waals surface area contributed by atoms with E-state index in [2.05, 4.69) is 48.7 Å². The van der Waals surface area contributed by atoms with Gasteiger partial charge in [-0.3, -0.25) is 4.79 Å². The summed E-state index contributed by atoms with van der Waals surface area (Å²) in [4.78, 5) is 10.3. The first-order chi connectivity index (χ1) is 10.8. The van der Waals surface area contributed by atoms with Gasteiger partial charge in [-0.2, -0.15) is 0 Å². The molecule has 0 rings (SSSR count). The van der Waals surface area contributed by atoms with Crippen LogP contribution < -0.4 is 5.32 Å². The van der Waals surface area contributed by atoms with E-state index in [1.165, 1.54) is 19.3 Å². The number of rotatable bonds is 15. The van der Waals surface area contributed by atoms with Gasteiger partial charge in [0.15, 0.2) is 0 Å². The number of carboxylic acids is 1. The molecule has 0 fully saturated rings. The van der Waals surface area contributed by atoms with E-state index in [4.69, 9.17) is 5.11 Å². The zero-order chi connectivity index (χ0) is 16.3. The standard InChI is InChI=1S/C19H33NO2/c1-2-3-14-17-20-18-15-12-10-8-6-4-5-7-9-11-13-16-19(21)22/h4,6-7,9-10,12,20H,2-3,5,8,11,13-18H2,1H3,(H,21,22)/b6-4-,9-7-,12-10-. The zero-order valence-corrected chi connectivity index (χ0v) is 14.1. The number of hydrogen-bond donors (Lipinski definition) is 2. The van der Waals surface area contributed by atoms with Crippen LogP contribution >= 0.6 is 0 Å². The minimum Gasteiger partial charge on any atom is -0.481 e. The van der Waals surface area contributed by atoms with Crippen LogP contribution in [0.4, 0.5) is 0 Å². The molecule has 2 N–H and O–H groups in total. The van der Waals surface area contributed by atoms with Crippen LogP contribution in [0.1, 0.15) is 64.7 Å². The minimum atomic E-state index is -0.712. The summed E-state index contributed by atoms with van der Waals surface area (Å²) in [6.07, 6.45) is 21.7. The molecular formula is C19H33NO2. The summed E-state index contributed by atoms with van der Waals surface area (Å²) in [5, 5.41) is 11.9. The molecule has 0 aromatic rings. The molecule has 0 amide bonds. The number of carbonyl (C=O) groups is 1. The summed E-state index contributed by atoms with van der Waals surface area (Å²) in [5.74, 6) is -0.712. The normalized spacial score (nSPS) is 12.0. The summed E-state index contributed by atoms with van der Waals surface area (Å²) in [6, 6.07) is 0. The highest BCUT2D eigenvalue weighted by atomic mass is 16.4. The number of aliphatic carboxylic acids is 1. The summed E-state index contributed by atoms with van der Waals surface area (Å²) in [5.41, 5.74) is 0. The van der Waals surface area contributed by atoms with Crippen molar-refractivity contribution in [2.24, 2.45) is 0 Å². The fourth-order valence-electron chi connectivity index (χ4n) is 1.96. The third-order valence-electron chi connectivity index (χ3n) is 3.25. The number of unbranched alkanes of at least 4 members (excludes halogenated alkanes) is 3. The summed E-state index contributed by atoms with van der Waals surface area (Å²) < 4.78 is 0. The van der Waals surface area contributed by atoms with Crippen molar-refractivity contribution < 1.29 is 9.90 Å². The molecule has 3 nitrogen and oxygen atoms in total. The maximum Gasteiger partial charge on any atom is 0.303 e. The molecule has 0 radical (unpaired) electrons. The number of hydrogen-bond acceptors (Lipinski definition) is 2. The highest BCUT2D eigenvalue weighted by molar-refractivity contribution is 5.66. The Bertz CT molecular complexity index is 332. The predicted octanol–water partition coefficient (Wildman–Crippen LogP) is 4.86. The van der Waals surface area contributed by atoms with Gasteiger partial charge in [-0.25, -0.2) is 0 Å². The fourth-order valence-corrected chi connectivity index (χ4v) is 1.96. The van der Waals surface area contributed by atoms with E-state index in [0.717, 1.165) is 45.2 Å². The largest absolute Gasteiger partial charge is 0.481 e. The third kappa shape index (κ3) is 18.7. The second kappa shape index (κ2) is 17.7. The molecule has 0 atom stereocenters. The van der Waals surface area contributed by atoms with E-state index < -0.39 is 5.97 Å². The topological polar surface area (TPSA) is 49.3 Å². The van der Waals surface area contributed by atoms with Gasteiger partial charge in [-0.15, -0.1) is 0 Å². The Hall–Kier alpha value is -1.35. The molecule has 0 saturated carbocycles. The molecule has 0 saturated heterocycles. The molecule has 3 heteroatoms. The van der Waals surface area contributed by atoms with Crippen molar-refractivity contribution >= 4 is 5.97 Å². The maximum absolute atomic E-state index is 10.3. The fraction of sp³-hybridized carbons (Fsp3) is 0.632. The van der Waals surface area contributed by atoms with E-state index in [9.17, 15) is 4.79 Å². The Morgan fingerprint density at radius 1 is 0.864 bits per heavy atom. The predicted molar refractivity (Wildman–Crippen MR) is 95.2 cm³/mol. The number of nitrogens with one attached hydrogen (secondary N) is 1. The van der Waals surface area contributed by atoms with Crippen molar-refractivity contribution in [2.45, 2.75) is 64.7 Å². The Morgan fingerprint density at radius 3 is 2.14 bits per heavy atom. The van der Waals surface area contributed by atoms with Gasteiger partial charge in [0.1, 0.15) is 0 Å². The first-order valence-electron chi connectivity index (χ1n) is 8.64. The average Bonchev–Trinajstić information content (AvgIpc) is 2.50. The SMILES string of the molecule is CCCCCNCC/C=C\C/C=C\C/C=C\CCCC(=O)O. The monoisotopic (exact) mass is 307 g/mol. The summed E-state index contributed by atoms with van der Waals surface area (Å²) in [6.45, 7) is 4.44. The van der Waals surface area contributed by atoms with E-state index in [1.54, 1.807) is 0 Å². The molecule has 22 heavy (non-hydrogen) atoms. The molecule has 0 aromatic heterocycles. The lowest BCUT2D eigenvalue weighted by molar-refractivity contribution is -0.137. The molecular weight excluding hydrogens is 274 g/mol. The van der Waals surface area contributed by atoms with E-state index in [1.807, 2.05) is 0 Å². The lowest BCUT2D eigenvalue weighted by Gasteiger charge is -2.00. The quantitative estimate of drug-likeness (QED) is 0.335. The van der Waals surface area contributed by atoms with Crippen molar-refractivity contribution in [2.75, 3.05) is 13.1 Å². The van der Waals surface area contributed by atoms with Crippen molar-refractivity contribution in [1.82, 2.24) is 5.32 Å². The van der Waals surface area contributed by atoms with Crippen LogP contribution in [0.3, 0.4) is 0 Å². The molecule has 126 valence electrons. The Balaban J connectivity index is 3.30. The zero-order valence-electron chi connectivity index (χ0n) is 14.1. The highest BCUT2D eigenvalue weighted by Crippen LogP contribution is 1.98. The van der Waals surface area contributed by atoms with Crippen LogP contribution in [0.2, 0.25) is 0 Å². The molecule has 0 heterocycles. The minimum absolute atomic E-state index is 0.262. The van der Waals surface area contributed by atoms with Crippen LogP contribution in [0.25, 0.3) is 0 Å². The van der Waals surface area contributed by atoms with Gasteiger partial charge in [-0.05, 0) is 51.6 Å². The van der Waals surface area contributed by atoms with Crippen molar-refractivity contribution in [3.63, 3.8) is 0 Å². The van der Waals surface area contributed by atoms with E-state index >= 15 is 0 Å².